The van der Waals surface area contributed by atoms with E-state index in [0.717, 1.165) is 4.90 Å². The molecular formula is C20H17N5O6. The largest absolute Gasteiger partial charge is 0.496 e. The van der Waals surface area contributed by atoms with E-state index < -0.39 is 22.4 Å². The van der Waals surface area contributed by atoms with Gasteiger partial charge < -0.3 is 14.6 Å². The lowest BCUT2D eigenvalue weighted by atomic mass is 9.92. The van der Waals surface area contributed by atoms with Gasteiger partial charge in [0.2, 0.25) is 11.7 Å². The summed E-state index contributed by atoms with van der Waals surface area (Å²) in [7, 11) is 1.52. The van der Waals surface area contributed by atoms with Crippen LogP contribution in [0.25, 0.3) is 11.4 Å². The van der Waals surface area contributed by atoms with E-state index in [4.69, 9.17) is 9.26 Å². The number of hydrogen-bond donors (Lipinski definition) is 1. The number of nitrogens with one attached hydrogen (secondary N) is 1. The molecule has 11 nitrogen and oxygen atoms in total. The van der Waals surface area contributed by atoms with Crippen LogP contribution in [0.1, 0.15) is 18.4 Å². The summed E-state index contributed by atoms with van der Waals surface area (Å²) in [6.07, 6.45) is 0. The number of carbonyl (C=O) groups excluding carboxylic acids is 2. The number of carbonyl (C=O) groups is 2. The predicted octanol–water partition coefficient (Wildman–Crippen LogP) is 2.62. The Balaban J connectivity index is 1.56. The van der Waals surface area contributed by atoms with Gasteiger partial charge >= 0.3 is 6.03 Å². The lowest BCUT2D eigenvalue weighted by molar-refractivity contribution is -0.384. The minimum Gasteiger partial charge on any atom is -0.496 e. The Morgan fingerprint density at radius 2 is 1.90 bits per heavy atom. The summed E-state index contributed by atoms with van der Waals surface area (Å²) in [6.45, 7) is 1.30. The molecule has 1 N–H and O–H groups in total. The third kappa shape index (κ3) is 3.45. The first kappa shape index (κ1) is 20.0. The van der Waals surface area contributed by atoms with Crippen LogP contribution in [-0.2, 0) is 16.9 Å². The second-order valence-electron chi connectivity index (χ2n) is 6.96. The van der Waals surface area contributed by atoms with Crippen molar-refractivity contribution in [1.82, 2.24) is 20.4 Å². The van der Waals surface area contributed by atoms with Crippen LogP contribution in [0.2, 0.25) is 0 Å². The standard InChI is InChI=1S/C20H17N5O6/c1-20(12-7-9-13(10-8-12)25(28)29)18(26)24(19(27)22-20)11-16-21-17(23-31-16)14-5-3-4-6-15(14)30-2/h3-10H,11H2,1-2H3,(H,22,27). The van der Waals surface area contributed by atoms with Crippen molar-refractivity contribution in [3.8, 4) is 17.1 Å². The van der Waals surface area contributed by atoms with Gasteiger partial charge in [-0.05, 0) is 36.8 Å². The van der Waals surface area contributed by atoms with Gasteiger partial charge in [0.05, 0.1) is 17.6 Å². The normalized spacial score (nSPS) is 18.2. The lowest BCUT2D eigenvalue weighted by Crippen LogP contribution is -2.40. The quantitative estimate of drug-likeness (QED) is 0.362. The first-order valence-electron chi connectivity index (χ1n) is 9.18. The molecule has 0 saturated carbocycles. The van der Waals surface area contributed by atoms with Crippen LogP contribution in [0.15, 0.2) is 53.1 Å². The van der Waals surface area contributed by atoms with Crippen molar-refractivity contribution in [2.75, 3.05) is 7.11 Å². The summed E-state index contributed by atoms with van der Waals surface area (Å²) >= 11 is 0. The number of amides is 3. The van der Waals surface area contributed by atoms with Gasteiger partial charge in [-0.25, -0.2) is 4.79 Å². The monoisotopic (exact) mass is 423 g/mol. The number of para-hydroxylation sites is 1. The predicted molar refractivity (Wildman–Crippen MR) is 106 cm³/mol. The van der Waals surface area contributed by atoms with Crippen molar-refractivity contribution in [3.05, 3.63) is 70.1 Å². The number of aromatic nitrogens is 2. The van der Waals surface area contributed by atoms with Gasteiger partial charge in [-0.1, -0.05) is 17.3 Å². The Morgan fingerprint density at radius 3 is 2.58 bits per heavy atom. The Labute approximate surface area is 175 Å². The molecule has 0 aliphatic carbocycles. The molecule has 3 amide bonds. The molecule has 158 valence electrons. The van der Waals surface area contributed by atoms with E-state index >= 15 is 0 Å². The summed E-state index contributed by atoms with van der Waals surface area (Å²) in [5.41, 5.74) is -0.472. The van der Waals surface area contributed by atoms with E-state index in [1.807, 2.05) is 0 Å². The highest BCUT2D eigenvalue weighted by atomic mass is 16.6. The zero-order chi connectivity index (χ0) is 22.2. The molecule has 0 radical (unpaired) electrons. The molecule has 0 spiro atoms. The van der Waals surface area contributed by atoms with E-state index in [0.29, 0.717) is 16.9 Å². The lowest BCUT2D eigenvalue weighted by Gasteiger charge is -2.21. The van der Waals surface area contributed by atoms with Crippen molar-refractivity contribution in [2.24, 2.45) is 0 Å². The Hall–Kier alpha value is -4.28. The van der Waals surface area contributed by atoms with Crippen LogP contribution in [0.4, 0.5) is 10.5 Å². The molecule has 2 heterocycles. The molecular weight excluding hydrogens is 406 g/mol. The van der Waals surface area contributed by atoms with E-state index in [2.05, 4.69) is 15.5 Å². The smallest absolute Gasteiger partial charge is 0.325 e. The minimum absolute atomic E-state index is 0.0670. The third-order valence-electron chi connectivity index (χ3n) is 5.04. The van der Waals surface area contributed by atoms with Crippen molar-refractivity contribution in [1.29, 1.82) is 0 Å². The summed E-state index contributed by atoms with van der Waals surface area (Å²) < 4.78 is 10.5. The van der Waals surface area contributed by atoms with Crippen molar-refractivity contribution in [2.45, 2.75) is 19.0 Å². The molecule has 1 aliphatic rings. The maximum absolute atomic E-state index is 13.0. The highest BCUT2D eigenvalue weighted by molar-refractivity contribution is 6.07. The summed E-state index contributed by atoms with van der Waals surface area (Å²) in [5, 5.41) is 17.4. The molecule has 11 heteroatoms. The maximum atomic E-state index is 13.0. The second kappa shape index (κ2) is 7.52. The summed E-state index contributed by atoms with van der Waals surface area (Å²) in [5.74, 6) is 0.342. The number of rotatable bonds is 6. The molecule has 1 unspecified atom stereocenters. The summed E-state index contributed by atoms with van der Waals surface area (Å²) in [4.78, 5) is 41.1. The van der Waals surface area contributed by atoms with Gasteiger partial charge in [0.15, 0.2) is 0 Å². The van der Waals surface area contributed by atoms with Crippen LogP contribution in [0.3, 0.4) is 0 Å². The second-order valence-corrected chi connectivity index (χ2v) is 6.96. The number of urea groups is 1. The van der Waals surface area contributed by atoms with Gasteiger partial charge in [-0.2, -0.15) is 4.98 Å². The van der Waals surface area contributed by atoms with Gasteiger partial charge in [0, 0.05) is 12.1 Å². The average Bonchev–Trinajstić information content (AvgIpc) is 3.33. The van der Waals surface area contributed by atoms with Gasteiger partial charge in [0.1, 0.15) is 17.8 Å². The Kier molecular flexibility index (Phi) is 4.85. The molecule has 0 bridgehead atoms. The minimum atomic E-state index is -1.38. The number of imide groups is 1. The van der Waals surface area contributed by atoms with Crippen LogP contribution < -0.4 is 10.1 Å². The molecule has 1 atom stereocenters. The van der Waals surface area contributed by atoms with E-state index in [1.165, 1.54) is 38.3 Å². The highest BCUT2D eigenvalue weighted by Crippen LogP contribution is 2.31. The molecule has 2 aromatic carbocycles. The Morgan fingerprint density at radius 1 is 1.19 bits per heavy atom. The number of benzene rings is 2. The zero-order valence-electron chi connectivity index (χ0n) is 16.6. The number of nitro groups is 1. The fourth-order valence-corrected chi connectivity index (χ4v) is 3.35. The van der Waals surface area contributed by atoms with E-state index in [1.54, 1.807) is 24.3 Å². The summed E-state index contributed by atoms with van der Waals surface area (Å²) in [6, 6.07) is 11.9. The molecule has 31 heavy (non-hydrogen) atoms. The van der Waals surface area contributed by atoms with Crippen molar-refractivity contribution in [3.63, 3.8) is 0 Å². The van der Waals surface area contributed by atoms with Crippen molar-refractivity contribution < 1.29 is 23.8 Å². The molecule has 1 aromatic heterocycles. The molecule has 1 aliphatic heterocycles. The zero-order valence-corrected chi connectivity index (χ0v) is 16.6. The third-order valence-corrected chi connectivity index (χ3v) is 5.04. The molecule has 4 rings (SSSR count). The van der Waals surface area contributed by atoms with Crippen LogP contribution in [-0.4, -0.2) is 39.0 Å². The molecule has 3 aromatic rings. The number of nitro benzene ring substituents is 1. The van der Waals surface area contributed by atoms with Gasteiger partial charge in [0.25, 0.3) is 11.6 Å². The number of ether oxygens (including phenoxy) is 1. The fourth-order valence-electron chi connectivity index (χ4n) is 3.35. The number of hydrogen-bond acceptors (Lipinski definition) is 8. The topological polar surface area (TPSA) is 141 Å². The van der Waals surface area contributed by atoms with E-state index in [9.17, 15) is 19.7 Å². The van der Waals surface area contributed by atoms with Gasteiger partial charge in [-0.15, -0.1) is 0 Å². The fraction of sp³-hybridized carbons (Fsp3) is 0.200. The highest BCUT2D eigenvalue weighted by Gasteiger charge is 2.49. The van der Waals surface area contributed by atoms with Crippen LogP contribution in [0, 0.1) is 10.1 Å². The first-order valence-corrected chi connectivity index (χ1v) is 9.18. The Bertz CT molecular complexity index is 1170. The molecule has 1 saturated heterocycles. The first-order chi connectivity index (χ1) is 14.8. The number of nitrogens with zero attached hydrogens (tertiary/aromatic N) is 4. The van der Waals surface area contributed by atoms with Crippen molar-refractivity contribution >= 4 is 17.6 Å². The van der Waals surface area contributed by atoms with E-state index in [-0.39, 0.29) is 23.9 Å². The molecule has 1 fully saturated rings. The van der Waals surface area contributed by atoms with Gasteiger partial charge in [-0.3, -0.25) is 19.8 Å². The van der Waals surface area contributed by atoms with Crippen LogP contribution >= 0.6 is 0 Å². The van der Waals surface area contributed by atoms with Crippen LogP contribution in [0.5, 0.6) is 5.75 Å². The maximum Gasteiger partial charge on any atom is 0.325 e. The number of non-ortho nitro benzene ring substituents is 1. The number of methoxy groups -OCH3 is 1. The average molecular weight is 423 g/mol. The SMILES string of the molecule is COc1ccccc1-c1noc(CN2C(=O)NC(C)(c3ccc([N+](=O)[O-])cc3)C2=O)n1.